The minimum Gasteiger partial charge on any atom is -0.485 e. The number of ether oxygens (including phenoxy) is 1. The van der Waals surface area contributed by atoms with Crippen LogP contribution in [0.4, 0.5) is 19.0 Å². The fraction of sp³-hybridized carbons (Fsp3) is 0.227. The number of halogens is 3. The lowest BCUT2D eigenvalue weighted by molar-refractivity contribution is 0.0826. The van der Waals surface area contributed by atoms with Crippen LogP contribution in [0, 0.1) is 12.7 Å². The Morgan fingerprint density at radius 3 is 2.56 bits per heavy atom. The molecule has 0 amide bonds. The van der Waals surface area contributed by atoms with Crippen molar-refractivity contribution >= 4 is 16.7 Å². The third-order valence-corrected chi connectivity index (χ3v) is 4.71. The molecule has 1 atom stereocenters. The topological polar surface area (TPSA) is 85.7 Å². The van der Waals surface area contributed by atoms with E-state index in [4.69, 9.17) is 4.74 Å². The molecule has 3 aromatic heterocycles. The molecule has 4 rings (SSSR count). The van der Waals surface area contributed by atoms with Crippen LogP contribution in [-0.2, 0) is 0 Å². The van der Waals surface area contributed by atoms with Crippen molar-refractivity contribution < 1.29 is 17.9 Å². The number of nitrogens with zero attached hydrogens (tertiary/aromatic N) is 5. The van der Waals surface area contributed by atoms with Crippen molar-refractivity contribution in [2.45, 2.75) is 26.3 Å². The summed E-state index contributed by atoms with van der Waals surface area (Å²) in [5.74, 6) is 0.121. The van der Waals surface area contributed by atoms with Crippen LogP contribution >= 0.6 is 0 Å². The number of fused-ring (bicyclic) bond motifs is 1. The van der Waals surface area contributed by atoms with Gasteiger partial charge in [0.2, 0.25) is 0 Å². The number of pyridine rings is 1. The van der Waals surface area contributed by atoms with E-state index in [1.807, 2.05) is 26.0 Å². The first-order valence-electron chi connectivity index (χ1n) is 9.79. The first-order valence-corrected chi connectivity index (χ1v) is 9.79. The molecule has 0 saturated carbocycles. The van der Waals surface area contributed by atoms with Crippen LogP contribution in [-0.4, -0.2) is 38.2 Å². The third-order valence-electron chi connectivity index (χ3n) is 4.71. The highest BCUT2D eigenvalue weighted by Crippen LogP contribution is 2.34. The summed E-state index contributed by atoms with van der Waals surface area (Å²) >= 11 is 0. The Morgan fingerprint density at radius 2 is 1.88 bits per heavy atom. The summed E-state index contributed by atoms with van der Waals surface area (Å²) in [5, 5.41) is 12.0. The molecule has 10 heteroatoms. The average Bonchev–Trinajstić information content (AvgIpc) is 2.78. The van der Waals surface area contributed by atoms with E-state index in [0.717, 1.165) is 11.9 Å². The van der Waals surface area contributed by atoms with Crippen molar-refractivity contribution in [3.8, 4) is 17.0 Å². The Labute approximate surface area is 181 Å². The maximum atomic E-state index is 13.3. The number of anilines is 1. The van der Waals surface area contributed by atoms with Gasteiger partial charge in [0, 0.05) is 10.9 Å². The zero-order valence-corrected chi connectivity index (χ0v) is 17.3. The van der Waals surface area contributed by atoms with Gasteiger partial charge in [-0.1, -0.05) is 0 Å². The van der Waals surface area contributed by atoms with Gasteiger partial charge in [0.15, 0.2) is 0 Å². The van der Waals surface area contributed by atoms with E-state index in [-0.39, 0.29) is 11.8 Å². The highest BCUT2D eigenvalue weighted by molar-refractivity contribution is 5.96. The Kier molecular flexibility index (Phi) is 6.11. The Morgan fingerprint density at radius 1 is 1.03 bits per heavy atom. The van der Waals surface area contributed by atoms with E-state index in [0.29, 0.717) is 33.7 Å². The predicted octanol–water partition coefficient (Wildman–Crippen LogP) is 4.75. The fourth-order valence-corrected chi connectivity index (χ4v) is 3.13. The Bertz CT molecular complexity index is 1220. The van der Waals surface area contributed by atoms with Crippen LogP contribution in [0.5, 0.6) is 5.75 Å². The minimum absolute atomic E-state index is 0.150. The van der Waals surface area contributed by atoms with Gasteiger partial charge in [-0.05, 0) is 50.2 Å². The number of rotatable bonds is 7. The van der Waals surface area contributed by atoms with Gasteiger partial charge >= 0.3 is 0 Å². The van der Waals surface area contributed by atoms with E-state index >= 15 is 0 Å². The molecule has 0 fully saturated rings. The third kappa shape index (κ3) is 4.74. The van der Waals surface area contributed by atoms with Gasteiger partial charge < -0.3 is 10.1 Å². The summed E-state index contributed by atoms with van der Waals surface area (Å²) < 4.78 is 44.3. The van der Waals surface area contributed by atoms with Crippen LogP contribution in [0.2, 0.25) is 0 Å². The molecule has 0 aliphatic carbocycles. The van der Waals surface area contributed by atoms with Crippen LogP contribution in [0.25, 0.3) is 22.2 Å². The number of aryl methyl sites for hydroxylation is 1. The van der Waals surface area contributed by atoms with Gasteiger partial charge in [0.05, 0.1) is 29.3 Å². The normalized spacial score (nSPS) is 12.2. The zero-order valence-electron chi connectivity index (χ0n) is 17.3. The second kappa shape index (κ2) is 9.13. The van der Waals surface area contributed by atoms with Crippen molar-refractivity contribution in [3.05, 3.63) is 66.1 Å². The lowest BCUT2D eigenvalue weighted by Gasteiger charge is -2.17. The summed E-state index contributed by atoms with van der Waals surface area (Å²) in [6, 6.07) is 9.53. The molecule has 0 aliphatic rings. The molecule has 4 aromatic rings. The number of hydrogen-bond donors (Lipinski definition) is 1. The van der Waals surface area contributed by atoms with E-state index in [2.05, 4.69) is 30.5 Å². The Balaban J connectivity index is 1.78. The Hall–Kier alpha value is -3.82. The summed E-state index contributed by atoms with van der Waals surface area (Å²) in [5.41, 5.74) is 2.85. The van der Waals surface area contributed by atoms with Crippen LogP contribution in [0.3, 0.4) is 0 Å². The van der Waals surface area contributed by atoms with Gasteiger partial charge in [0.25, 0.3) is 6.43 Å². The number of aromatic nitrogens is 5. The molecule has 0 aliphatic heterocycles. The van der Waals surface area contributed by atoms with Crippen molar-refractivity contribution in [2.75, 3.05) is 11.9 Å². The summed E-state index contributed by atoms with van der Waals surface area (Å²) in [4.78, 5) is 12.6. The minimum atomic E-state index is -2.66. The standard InChI is InChI=1S/C22H19F3N6O/c1-12-3-5-17(31-30-12)13(2)29-22-16-7-14(18-6-4-15(23)9-26-18)8-19(32-10-20(24)25)21(16)27-11-28-22/h3-9,11,13,20H,10H2,1-2H3,(H,27,28,29). The quantitative estimate of drug-likeness (QED) is 0.444. The zero-order chi connectivity index (χ0) is 22.7. The van der Waals surface area contributed by atoms with Crippen molar-refractivity contribution in [1.82, 2.24) is 25.1 Å². The lowest BCUT2D eigenvalue weighted by atomic mass is 10.1. The van der Waals surface area contributed by atoms with E-state index in [1.54, 1.807) is 12.1 Å². The number of alkyl halides is 2. The highest BCUT2D eigenvalue weighted by Gasteiger charge is 2.17. The molecule has 1 unspecified atom stereocenters. The molecule has 1 aromatic carbocycles. The second-order valence-electron chi connectivity index (χ2n) is 7.12. The van der Waals surface area contributed by atoms with Crippen molar-refractivity contribution in [2.24, 2.45) is 0 Å². The summed E-state index contributed by atoms with van der Waals surface area (Å²) in [7, 11) is 0. The predicted molar refractivity (Wildman–Crippen MR) is 113 cm³/mol. The smallest absolute Gasteiger partial charge is 0.272 e. The fourth-order valence-electron chi connectivity index (χ4n) is 3.13. The van der Waals surface area contributed by atoms with Gasteiger partial charge in [-0.15, -0.1) is 0 Å². The van der Waals surface area contributed by atoms with E-state index in [9.17, 15) is 13.2 Å². The second-order valence-corrected chi connectivity index (χ2v) is 7.12. The number of hydrogen-bond acceptors (Lipinski definition) is 7. The molecule has 0 spiro atoms. The molecule has 32 heavy (non-hydrogen) atoms. The first kappa shape index (κ1) is 21.4. The van der Waals surface area contributed by atoms with Gasteiger partial charge in [-0.2, -0.15) is 10.2 Å². The molecule has 164 valence electrons. The molecule has 0 bridgehead atoms. The molecule has 3 heterocycles. The summed E-state index contributed by atoms with van der Waals surface area (Å²) in [6.07, 6.45) is -0.251. The molecular formula is C22H19F3N6O. The lowest BCUT2D eigenvalue weighted by Crippen LogP contribution is -2.12. The first-order chi connectivity index (χ1) is 15.4. The number of benzene rings is 1. The maximum absolute atomic E-state index is 13.3. The number of nitrogens with one attached hydrogen (secondary N) is 1. The van der Waals surface area contributed by atoms with Crippen LogP contribution in [0.1, 0.15) is 24.4 Å². The highest BCUT2D eigenvalue weighted by atomic mass is 19.3. The summed E-state index contributed by atoms with van der Waals surface area (Å²) in [6.45, 7) is 2.95. The van der Waals surface area contributed by atoms with Crippen LogP contribution < -0.4 is 10.1 Å². The largest absolute Gasteiger partial charge is 0.485 e. The molecule has 1 N–H and O–H groups in total. The molecule has 0 saturated heterocycles. The van der Waals surface area contributed by atoms with Gasteiger partial charge in [-0.25, -0.2) is 23.1 Å². The van der Waals surface area contributed by atoms with Gasteiger partial charge in [-0.3, -0.25) is 4.98 Å². The van der Waals surface area contributed by atoms with E-state index < -0.39 is 18.8 Å². The molecule has 0 radical (unpaired) electrons. The van der Waals surface area contributed by atoms with Crippen molar-refractivity contribution in [3.63, 3.8) is 0 Å². The van der Waals surface area contributed by atoms with Crippen LogP contribution in [0.15, 0.2) is 48.9 Å². The molecule has 7 nitrogen and oxygen atoms in total. The average molecular weight is 440 g/mol. The van der Waals surface area contributed by atoms with E-state index in [1.165, 1.54) is 18.5 Å². The maximum Gasteiger partial charge on any atom is 0.272 e. The monoisotopic (exact) mass is 440 g/mol. The van der Waals surface area contributed by atoms with Gasteiger partial charge in [0.1, 0.15) is 35.8 Å². The SMILES string of the molecule is Cc1ccc(C(C)Nc2ncnc3c(OCC(F)F)cc(-c4ccc(F)cn4)cc23)nn1. The molecular weight excluding hydrogens is 421 g/mol. The van der Waals surface area contributed by atoms with Crippen molar-refractivity contribution in [1.29, 1.82) is 0 Å².